The Balaban J connectivity index is 2.02. The molecule has 0 aromatic carbocycles. The number of hydrogen-bond acceptors (Lipinski definition) is 4. The molecule has 4 heteroatoms. The predicted octanol–water partition coefficient (Wildman–Crippen LogP) is 2.00. The van der Waals surface area contributed by atoms with Gasteiger partial charge in [-0.15, -0.1) is 0 Å². The normalized spacial score (nSPS) is 19.8. The fraction of sp³-hybridized carbons (Fsp3) is 0.714. The molecule has 1 atom stereocenters. The number of piperidine rings is 1. The van der Waals surface area contributed by atoms with Crippen LogP contribution in [-0.4, -0.2) is 36.1 Å². The van der Waals surface area contributed by atoms with Crippen molar-refractivity contribution >= 4 is 5.82 Å². The summed E-state index contributed by atoms with van der Waals surface area (Å²) in [6, 6.07) is 2.03. The van der Waals surface area contributed by atoms with Crippen LogP contribution in [0.4, 0.5) is 5.82 Å². The molecule has 2 rings (SSSR count). The van der Waals surface area contributed by atoms with Gasteiger partial charge in [0.1, 0.15) is 11.6 Å². The Hall–Kier alpha value is -1.16. The fourth-order valence-corrected chi connectivity index (χ4v) is 2.58. The van der Waals surface area contributed by atoms with Crippen LogP contribution in [0.25, 0.3) is 0 Å². The Labute approximate surface area is 110 Å². The first-order chi connectivity index (χ1) is 8.79. The molecule has 100 valence electrons. The topological polar surface area (TPSA) is 41.0 Å². The first-order valence-corrected chi connectivity index (χ1v) is 7.05. The van der Waals surface area contributed by atoms with Crippen LogP contribution in [0.2, 0.25) is 0 Å². The number of aryl methyl sites for hydroxylation is 1. The second kappa shape index (κ2) is 6.69. The summed E-state index contributed by atoms with van der Waals surface area (Å²) in [7, 11) is 0. The molecule has 1 aromatic heterocycles. The predicted molar refractivity (Wildman–Crippen MR) is 74.9 cm³/mol. The number of hydrogen-bond donors (Lipinski definition) is 1. The van der Waals surface area contributed by atoms with Crippen molar-refractivity contribution in [2.24, 2.45) is 5.92 Å². The van der Waals surface area contributed by atoms with Crippen LogP contribution in [0, 0.1) is 12.8 Å². The van der Waals surface area contributed by atoms with E-state index in [2.05, 4.69) is 27.1 Å². The summed E-state index contributed by atoms with van der Waals surface area (Å²) in [5.41, 5.74) is 0. The standard InChI is InChI=1S/C14H24N4/c1-3-9-18(11-13-5-4-7-15-10-13)14-6-8-16-12(2)17-14/h6,8,13,15H,3-5,7,9-11H2,1-2H3. The first kappa shape index (κ1) is 13.3. The quantitative estimate of drug-likeness (QED) is 0.865. The lowest BCUT2D eigenvalue weighted by atomic mass is 9.99. The minimum Gasteiger partial charge on any atom is -0.356 e. The molecular formula is C14H24N4. The van der Waals surface area contributed by atoms with Crippen molar-refractivity contribution in [1.82, 2.24) is 15.3 Å². The molecule has 1 N–H and O–H groups in total. The van der Waals surface area contributed by atoms with Crippen molar-refractivity contribution in [3.05, 3.63) is 18.1 Å². The zero-order valence-electron chi connectivity index (χ0n) is 11.5. The molecular weight excluding hydrogens is 224 g/mol. The van der Waals surface area contributed by atoms with Crippen LogP contribution in [0.3, 0.4) is 0 Å². The van der Waals surface area contributed by atoms with E-state index in [9.17, 15) is 0 Å². The summed E-state index contributed by atoms with van der Waals surface area (Å²) in [5.74, 6) is 2.69. The van der Waals surface area contributed by atoms with E-state index in [0.29, 0.717) is 0 Å². The number of nitrogens with zero attached hydrogens (tertiary/aromatic N) is 3. The van der Waals surface area contributed by atoms with Crippen LogP contribution in [-0.2, 0) is 0 Å². The van der Waals surface area contributed by atoms with E-state index < -0.39 is 0 Å². The lowest BCUT2D eigenvalue weighted by Gasteiger charge is -2.30. The molecule has 1 fully saturated rings. The molecule has 0 bridgehead atoms. The Bertz CT molecular complexity index is 361. The van der Waals surface area contributed by atoms with Gasteiger partial charge in [-0.1, -0.05) is 6.92 Å². The lowest BCUT2D eigenvalue weighted by Crippen LogP contribution is -2.39. The van der Waals surface area contributed by atoms with Gasteiger partial charge in [-0.2, -0.15) is 0 Å². The SMILES string of the molecule is CCCN(CC1CCCNC1)c1ccnc(C)n1. The second-order valence-electron chi connectivity index (χ2n) is 5.12. The second-order valence-corrected chi connectivity index (χ2v) is 5.12. The summed E-state index contributed by atoms with van der Waals surface area (Å²) in [6.07, 6.45) is 5.65. The zero-order valence-corrected chi connectivity index (χ0v) is 11.5. The minimum absolute atomic E-state index is 0.751. The minimum atomic E-state index is 0.751. The molecule has 0 aliphatic carbocycles. The average molecular weight is 248 g/mol. The monoisotopic (exact) mass is 248 g/mol. The summed E-state index contributed by atoms with van der Waals surface area (Å²) in [6.45, 7) is 8.68. The fourth-order valence-electron chi connectivity index (χ4n) is 2.58. The maximum absolute atomic E-state index is 4.55. The highest BCUT2D eigenvalue weighted by Gasteiger charge is 2.17. The molecule has 4 nitrogen and oxygen atoms in total. The number of nitrogens with one attached hydrogen (secondary N) is 1. The average Bonchev–Trinajstić information content (AvgIpc) is 2.39. The van der Waals surface area contributed by atoms with Gasteiger partial charge in [0.25, 0.3) is 0 Å². The molecule has 18 heavy (non-hydrogen) atoms. The largest absolute Gasteiger partial charge is 0.356 e. The highest BCUT2D eigenvalue weighted by Crippen LogP contribution is 2.17. The molecule has 1 aliphatic rings. The van der Waals surface area contributed by atoms with Crippen molar-refractivity contribution in [2.45, 2.75) is 33.1 Å². The van der Waals surface area contributed by atoms with Crippen LogP contribution < -0.4 is 10.2 Å². The molecule has 2 heterocycles. The van der Waals surface area contributed by atoms with E-state index in [1.165, 1.54) is 19.4 Å². The van der Waals surface area contributed by atoms with Crippen LogP contribution in [0.5, 0.6) is 0 Å². The smallest absolute Gasteiger partial charge is 0.132 e. The van der Waals surface area contributed by atoms with E-state index in [4.69, 9.17) is 0 Å². The highest BCUT2D eigenvalue weighted by molar-refractivity contribution is 5.37. The summed E-state index contributed by atoms with van der Waals surface area (Å²) < 4.78 is 0. The third-order valence-electron chi connectivity index (χ3n) is 3.46. The van der Waals surface area contributed by atoms with E-state index in [0.717, 1.165) is 43.6 Å². The van der Waals surface area contributed by atoms with Crippen LogP contribution >= 0.6 is 0 Å². The summed E-state index contributed by atoms with van der Waals surface area (Å²) in [5, 5.41) is 3.49. The number of aromatic nitrogens is 2. The number of rotatable bonds is 5. The van der Waals surface area contributed by atoms with Gasteiger partial charge in [-0.25, -0.2) is 9.97 Å². The molecule has 0 radical (unpaired) electrons. The summed E-state index contributed by atoms with van der Waals surface area (Å²) in [4.78, 5) is 11.1. The van der Waals surface area contributed by atoms with Crippen LogP contribution in [0.1, 0.15) is 32.0 Å². The van der Waals surface area contributed by atoms with Gasteiger partial charge in [0.15, 0.2) is 0 Å². The molecule has 1 saturated heterocycles. The lowest BCUT2D eigenvalue weighted by molar-refractivity contribution is 0.376. The maximum atomic E-state index is 4.55. The molecule has 0 amide bonds. The van der Waals surface area contributed by atoms with Gasteiger partial charge in [-0.3, -0.25) is 0 Å². The highest BCUT2D eigenvalue weighted by atomic mass is 15.2. The number of anilines is 1. The molecule has 1 aliphatic heterocycles. The Morgan fingerprint density at radius 2 is 2.39 bits per heavy atom. The van der Waals surface area contributed by atoms with Gasteiger partial charge in [0.2, 0.25) is 0 Å². The van der Waals surface area contributed by atoms with Gasteiger partial charge in [0.05, 0.1) is 0 Å². The molecule has 1 aromatic rings. The third-order valence-corrected chi connectivity index (χ3v) is 3.46. The summed E-state index contributed by atoms with van der Waals surface area (Å²) >= 11 is 0. The molecule has 0 spiro atoms. The van der Waals surface area contributed by atoms with Crippen molar-refractivity contribution in [2.75, 3.05) is 31.1 Å². The van der Waals surface area contributed by atoms with E-state index in [1.807, 2.05) is 19.2 Å². The third kappa shape index (κ3) is 3.67. The Kier molecular flexibility index (Phi) is 4.93. The van der Waals surface area contributed by atoms with Crippen LogP contribution in [0.15, 0.2) is 12.3 Å². The van der Waals surface area contributed by atoms with Crippen molar-refractivity contribution in [1.29, 1.82) is 0 Å². The van der Waals surface area contributed by atoms with E-state index in [1.54, 1.807) is 0 Å². The van der Waals surface area contributed by atoms with E-state index in [-0.39, 0.29) is 0 Å². The molecule has 0 saturated carbocycles. The molecule has 1 unspecified atom stereocenters. The first-order valence-electron chi connectivity index (χ1n) is 7.05. The Morgan fingerprint density at radius 3 is 3.06 bits per heavy atom. The van der Waals surface area contributed by atoms with Gasteiger partial charge in [-0.05, 0) is 51.3 Å². The van der Waals surface area contributed by atoms with Crippen molar-refractivity contribution in [3.8, 4) is 0 Å². The van der Waals surface area contributed by atoms with Crippen molar-refractivity contribution in [3.63, 3.8) is 0 Å². The van der Waals surface area contributed by atoms with Gasteiger partial charge in [0, 0.05) is 19.3 Å². The Morgan fingerprint density at radius 1 is 1.50 bits per heavy atom. The van der Waals surface area contributed by atoms with Crippen molar-refractivity contribution < 1.29 is 0 Å². The zero-order chi connectivity index (χ0) is 12.8. The van der Waals surface area contributed by atoms with Gasteiger partial charge >= 0.3 is 0 Å². The van der Waals surface area contributed by atoms with Gasteiger partial charge < -0.3 is 10.2 Å². The maximum Gasteiger partial charge on any atom is 0.132 e. The van der Waals surface area contributed by atoms with E-state index >= 15 is 0 Å².